The van der Waals surface area contributed by atoms with Gasteiger partial charge in [0.1, 0.15) is 0 Å². The first-order valence-electron chi connectivity index (χ1n) is 2.49. The van der Waals surface area contributed by atoms with Gasteiger partial charge in [-0.25, -0.2) is 4.79 Å². The van der Waals surface area contributed by atoms with Crippen LogP contribution in [0.5, 0.6) is 0 Å². The van der Waals surface area contributed by atoms with Gasteiger partial charge in [0.25, 0.3) is 0 Å². The lowest BCUT2D eigenvalue weighted by atomic mass is 10.9. The van der Waals surface area contributed by atoms with Crippen LogP contribution in [0, 0.1) is 0 Å². The van der Waals surface area contributed by atoms with Crippen LogP contribution in [0.2, 0.25) is 0 Å². The predicted molar refractivity (Wildman–Crippen MR) is 32.1 cm³/mol. The van der Waals surface area contributed by atoms with Gasteiger partial charge in [-0.15, -0.1) is 0 Å². The molecule has 0 aromatic carbocycles. The molecule has 0 rings (SSSR count). The maximum absolute atomic E-state index is 10.3. The molecule has 0 unspecified atom stereocenters. The minimum atomic E-state index is -0.683. The standard InChI is InChI=1S/C5H8N2O2/c1-3-6-7-5(8)9-4-2/h3H,1,4H2,2H3. The molecule has 9 heavy (non-hydrogen) atoms. The molecule has 0 heterocycles. The molecule has 0 aliphatic carbocycles. The number of hydrogen-bond donors (Lipinski definition) is 0. The first kappa shape index (κ1) is 7.81. The summed E-state index contributed by atoms with van der Waals surface area (Å²) in [5, 5.41) is 6.28. The first-order valence-corrected chi connectivity index (χ1v) is 2.49. The highest BCUT2D eigenvalue weighted by atomic mass is 16.5. The molecule has 4 heteroatoms. The Morgan fingerprint density at radius 3 is 3.00 bits per heavy atom. The average molecular weight is 128 g/mol. The van der Waals surface area contributed by atoms with Crippen molar-refractivity contribution in [2.24, 2.45) is 10.2 Å². The van der Waals surface area contributed by atoms with Crippen molar-refractivity contribution in [3.63, 3.8) is 0 Å². The molecule has 0 aromatic heterocycles. The van der Waals surface area contributed by atoms with Crippen molar-refractivity contribution in [2.45, 2.75) is 6.92 Å². The van der Waals surface area contributed by atoms with Crippen LogP contribution in [0.3, 0.4) is 0 Å². The number of hydrogen-bond acceptors (Lipinski definition) is 3. The van der Waals surface area contributed by atoms with Crippen molar-refractivity contribution < 1.29 is 9.53 Å². The van der Waals surface area contributed by atoms with Crippen LogP contribution in [0.4, 0.5) is 4.79 Å². The van der Waals surface area contributed by atoms with Gasteiger partial charge >= 0.3 is 6.09 Å². The Kier molecular flexibility index (Phi) is 4.30. The maximum atomic E-state index is 10.3. The summed E-state index contributed by atoms with van der Waals surface area (Å²) in [4.78, 5) is 10.3. The van der Waals surface area contributed by atoms with Crippen LogP contribution in [0.25, 0.3) is 0 Å². The zero-order valence-electron chi connectivity index (χ0n) is 5.20. The molecule has 0 aromatic rings. The van der Waals surface area contributed by atoms with E-state index in [9.17, 15) is 4.79 Å². The predicted octanol–water partition coefficient (Wildman–Crippen LogP) is 1.74. The number of nitrogens with zero attached hydrogens (tertiary/aromatic N) is 2. The molecule has 0 aliphatic rings. The smallest absolute Gasteiger partial charge is 0.447 e. The summed E-state index contributed by atoms with van der Waals surface area (Å²) < 4.78 is 4.40. The van der Waals surface area contributed by atoms with E-state index >= 15 is 0 Å². The SMILES string of the molecule is C=CN=NC(=O)OCC. The molecular weight excluding hydrogens is 120 g/mol. The van der Waals surface area contributed by atoms with E-state index in [0.29, 0.717) is 6.61 Å². The third-order valence-corrected chi connectivity index (χ3v) is 0.489. The summed E-state index contributed by atoms with van der Waals surface area (Å²) in [6, 6.07) is 0. The van der Waals surface area contributed by atoms with Crippen LogP contribution in [-0.4, -0.2) is 12.7 Å². The highest BCUT2D eigenvalue weighted by Crippen LogP contribution is 1.83. The van der Waals surface area contributed by atoms with Crippen molar-refractivity contribution in [1.29, 1.82) is 0 Å². The summed E-state index contributed by atoms with van der Waals surface area (Å²) in [7, 11) is 0. The van der Waals surface area contributed by atoms with Crippen molar-refractivity contribution in [3.8, 4) is 0 Å². The van der Waals surface area contributed by atoms with E-state index in [2.05, 4.69) is 21.5 Å². The lowest BCUT2D eigenvalue weighted by Gasteiger charge is -1.89. The molecule has 0 atom stereocenters. The summed E-state index contributed by atoms with van der Waals surface area (Å²) in [6.45, 7) is 5.23. The number of carbonyl (C=O) groups is 1. The van der Waals surface area contributed by atoms with Crippen molar-refractivity contribution in [2.75, 3.05) is 6.61 Å². The van der Waals surface area contributed by atoms with Gasteiger partial charge in [-0.3, -0.25) is 0 Å². The Bertz CT molecular complexity index is 131. The lowest BCUT2D eigenvalue weighted by molar-refractivity contribution is 0.161. The summed E-state index contributed by atoms with van der Waals surface area (Å²) >= 11 is 0. The van der Waals surface area contributed by atoms with Gasteiger partial charge in [0, 0.05) is 6.20 Å². The highest BCUT2D eigenvalue weighted by Gasteiger charge is 1.92. The van der Waals surface area contributed by atoms with Gasteiger partial charge in [0.15, 0.2) is 0 Å². The number of carbonyl (C=O) groups excluding carboxylic acids is 1. The van der Waals surface area contributed by atoms with Crippen LogP contribution < -0.4 is 0 Å². The molecule has 0 aliphatic heterocycles. The molecule has 0 N–H and O–H groups in total. The Balaban J connectivity index is 3.49. The van der Waals surface area contributed by atoms with E-state index in [1.54, 1.807) is 6.92 Å². The quantitative estimate of drug-likeness (QED) is 0.532. The molecule has 0 bridgehead atoms. The number of rotatable bonds is 2. The minimum absolute atomic E-state index is 0.314. The van der Waals surface area contributed by atoms with Gasteiger partial charge in [-0.1, -0.05) is 11.7 Å². The number of ether oxygens (including phenoxy) is 1. The fourth-order valence-corrected chi connectivity index (χ4v) is 0.240. The van der Waals surface area contributed by atoms with Crippen LogP contribution in [-0.2, 0) is 4.74 Å². The highest BCUT2D eigenvalue weighted by molar-refractivity contribution is 5.67. The van der Waals surface area contributed by atoms with Crippen LogP contribution in [0.1, 0.15) is 6.92 Å². The van der Waals surface area contributed by atoms with Crippen molar-refractivity contribution in [1.82, 2.24) is 0 Å². The largest absolute Gasteiger partial charge is 0.452 e. The van der Waals surface area contributed by atoms with E-state index < -0.39 is 6.09 Å². The van der Waals surface area contributed by atoms with E-state index in [1.165, 1.54) is 0 Å². The van der Waals surface area contributed by atoms with Crippen LogP contribution in [0.15, 0.2) is 23.0 Å². The van der Waals surface area contributed by atoms with Gasteiger partial charge in [0.05, 0.1) is 6.61 Å². The monoisotopic (exact) mass is 128 g/mol. The molecular formula is C5H8N2O2. The zero-order chi connectivity index (χ0) is 7.11. The minimum Gasteiger partial charge on any atom is -0.447 e. The molecule has 0 fully saturated rings. The number of azo groups is 1. The Hall–Kier alpha value is -1.19. The summed E-state index contributed by atoms with van der Waals surface area (Å²) in [6.07, 6.45) is 0.481. The third kappa shape index (κ3) is 4.67. The first-order chi connectivity index (χ1) is 4.31. The van der Waals surface area contributed by atoms with Gasteiger partial charge in [0.2, 0.25) is 0 Å². The second-order valence-corrected chi connectivity index (χ2v) is 1.10. The zero-order valence-corrected chi connectivity index (χ0v) is 5.20. The molecule has 4 nitrogen and oxygen atoms in total. The molecule has 0 radical (unpaired) electrons. The Morgan fingerprint density at radius 1 is 1.89 bits per heavy atom. The topological polar surface area (TPSA) is 51.0 Å². The summed E-state index contributed by atoms with van der Waals surface area (Å²) in [5.74, 6) is 0. The van der Waals surface area contributed by atoms with Crippen molar-refractivity contribution in [3.05, 3.63) is 12.8 Å². The second-order valence-electron chi connectivity index (χ2n) is 1.10. The van der Waals surface area contributed by atoms with E-state index in [0.717, 1.165) is 6.20 Å². The van der Waals surface area contributed by atoms with E-state index in [1.807, 2.05) is 0 Å². The summed E-state index contributed by atoms with van der Waals surface area (Å²) in [5.41, 5.74) is 0. The second kappa shape index (κ2) is 4.96. The number of amides is 1. The molecule has 0 spiro atoms. The molecule has 0 saturated heterocycles. The maximum Gasteiger partial charge on any atom is 0.452 e. The fourth-order valence-electron chi connectivity index (χ4n) is 0.240. The van der Waals surface area contributed by atoms with Gasteiger partial charge in [-0.2, -0.15) is 5.11 Å². The third-order valence-electron chi connectivity index (χ3n) is 0.489. The van der Waals surface area contributed by atoms with Gasteiger partial charge in [-0.05, 0) is 6.92 Å². The Morgan fingerprint density at radius 2 is 2.56 bits per heavy atom. The van der Waals surface area contributed by atoms with Crippen LogP contribution >= 0.6 is 0 Å². The fraction of sp³-hybridized carbons (Fsp3) is 0.400. The normalized spacial score (nSPS) is 9.44. The Labute approximate surface area is 53.2 Å². The lowest BCUT2D eigenvalue weighted by Crippen LogP contribution is -1.95. The molecule has 50 valence electrons. The van der Waals surface area contributed by atoms with Crippen molar-refractivity contribution >= 4 is 6.09 Å². The van der Waals surface area contributed by atoms with E-state index in [4.69, 9.17) is 0 Å². The van der Waals surface area contributed by atoms with Gasteiger partial charge < -0.3 is 4.74 Å². The average Bonchev–Trinajstić information content (AvgIpc) is 1.85. The molecule has 0 saturated carbocycles. The molecule has 1 amide bonds. The van der Waals surface area contributed by atoms with E-state index in [-0.39, 0.29) is 0 Å².